The molecule has 0 aromatic carbocycles. The molecule has 1 aliphatic rings. The number of hydrogen-bond acceptors (Lipinski definition) is 3. The number of halogens is 2. The molecule has 6 heteroatoms. The molecule has 1 saturated carbocycles. The van der Waals surface area contributed by atoms with Crippen LogP contribution in [-0.2, 0) is 4.74 Å². The first-order valence-electron chi connectivity index (χ1n) is 7.06. The molecule has 0 aliphatic heterocycles. The number of nitrogens with zero attached hydrogens (tertiary/aromatic N) is 3. The first-order chi connectivity index (χ1) is 9.86. The van der Waals surface area contributed by atoms with Gasteiger partial charge in [0, 0.05) is 29.2 Å². The van der Waals surface area contributed by atoms with E-state index in [4.69, 9.17) is 21.3 Å². The van der Waals surface area contributed by atoms with Gasteiger partial charge in [-0.2, -0.15) is 0 Å². The standard InChI is InChI=1S/C15H19BrClN3O/c1-8(17)13-19-10-5-9(16)7-18-14(10)20(13)11-6-12(21-4)15(11,2)3/h5,7-8,11-12H,6H2,1-4H3. The number of methoxy groups -OCH3 is 1. The van der Waals surface area contributed by atoms with Gasteiger partial charge in [-0.05, 0) is 35.3 Å². The lowest BCUT2D eigenvalue weighted by Gasteiger charge is -2.52. The Morgan fingerprint density at radius 2 is 2.24 bits per heavy atom. The summed E-state index contributed by atoms with van der Waals surface area (Å²) in [5, 5.41) is -0.157. The van der Waals surface area contributed by atoms with E-state index >= 15 is 0 Å². The zero-order valence-corrected chi connectivity index (χ0v) is 14.9. The fourth-order valence-electron chi connectivity index (χ4n) is 3.27. The topological polar surface area (TPSA) is 39.9 Å². The van der Waals surface area contributed by atoms with E-state index in [1.165, 1.54) is 0 Å². The normalized spacial score (nSPS) is 25.8. The molecule has 0 spiro atoms. The van der Waals surface area contributed by atoms with E-state index in [2.05, 4.69) is 39.3 Å². The molecular formula is C15H19BrClN3O. The summed E-state index contributed by atoms with van der Waals surface area (Å²) in [6, 6.07) is 2.29. The fourth-order valence-corrected chi connectivity index (χ4v) is 3.74. The highest BCUT2D eigenvalue weighted by atomic mass is 79.9. The quantitative estimate of drug-likeness (QED) is 0.746. The number of imidazole rings is 1. The van der Waals surface area contributed by atoms with E-state index in [9.17, 15) is 0 Å². The number of aromatic nitrogens is 3. The maximum atomic E-state index is 6.35. The molecule has 2 heterocycles. The highest BCUT2D eigenvalue weighted by Crippen LogP contribution is 2.52. The maximum Gasteiger partial charge on any atom is 0.160 e. The third-order valence-corrected chi connectivity index (χ3v) is 5.23. The summed E-state index contributed by atoms with van der Waals surface area (Å²) in [6.07, 6.45) is 3.03. The Bertz CT molecular complexity index is 683. The van der Waals surface area contributed by atoms with Gasteiger partial charge in [-0.15, -0.1) is 11.6 Å². The van der Waals surface area contributed by atoms with Crippen molar-refractivity contribution in [1.29, 1.82) is 0 Å². The van der Waals surface area contributed by atoms with E-state index in [1.807, 2.05) is 19.2 Å². The molecule has 3 atom stereocenters. The predicted octanol–water partition coefficient (Wildman–Crippen LogP) is 4.48. The molecular weight excluding hydrogens is 354 g/mol. The van der Waals surface area contributed by atoms with Crippen LogP contribution in [-0.4, -0.2) is 27.7 Å². The molecule has 4 nitrogen and oxygen atoms in total. The summed E-state index contributed by atoms with van der Waals surface area (Å²) in [5.41, 5.74) is 1.81. The zero-order chi connectivity index (χ0) is 15.4. The molecule has 0 saturated heterocycles. The second-order valence-corrected chi connectivity index (χ2v) is 7.82. The number of rotatable bonds is 3. The van der Waals surface area contributed by atoms with E-state index in [-0.39, 0.29) is 16.9 Å². The van der Waals surface area contributed by atoms with Crippen molar-refractivity contribution in [3.63, 3.8) is 0 Å². The average Bonchev–Trinajstić information content (AvgIpc) is 2.76. The second kappa shape index (κ2) is 5.21. The van der Waals surface area contributed by atoms with Gasteiger partial charge in [-0.1, -0.05) is 13.8 Å². The Balaban J connectivity index is 2.15. The van der Waals surface area contributed by atoms with Gasteiger partial charge >= 0.3 is 0 Å². The second-order valence-electron chi connectivity index (χ2n) is 6.25. The van der Waals surface area contributed by atoms with Gasteiger partial charge in [0.15, 0.2) is 5.65 Å². The third kappa shape index (κ3) is 2.30. The summed E-state index contributed by atoms with van der Waals surface area (Å²) in [6.45, 7) is 6.40. The van der Waals surface area contributed by atoms with E-state index in [1.54, 1.807) is 7.11 Å². The Hall–Kier alpha value is -0.650. The number of fused-ring (bicyclic) bond motifs is 1. The minimum atomic E-state index is -0.157. The molecule has 1 aliphatic carbocycles. The Kier molecular flexibility index (Phi) is 3.79. The minimum Gasteiger partial charge on any atom is -0.381 e. The van der Waals surface area contributed by atoms with Crippen molar-refractivity contribution in [2.24, 2.45) is 5.41 Å². The Morgan fingerprint density at radius 3 is 2.81 bits per heavy atom. The molecule has 0 bridgehead atoms. The van der Waals surface area contributed by atoms with Gasteiger partial charge in [0.2, 0.25) is 0 Å². The lowest BCUT2D eigenvalue weighted by atomic mass is 9.64. The molecule has 0 amide bonds. The molecule has 3 unspecified atom stereocenters. The van der Waals surface area contributed by atoms with Gasteiger partial charge in [0.1, 0.15) is 11.3 Å². The maximum absolute atomic E-state index is 6.35. The lowest BCUT2D eigenvalue weighted by molar-refractivity contribution is -0.112. The summed E-state index contributed by atoms with van der Waals surface area (Å²) >= 11 is 9.80. The number of pyridine rings is 1. The van der Waals surface area contributed by atoms with Crippen molar-refractivity contribution < 1.29 is 4.74 Å². The van der Waals surface area contributed by atoms with Crippen LogP contribution in [0.2, 0.25) is 0 Å². The first kappa shape index (κ1) is 15.3. The molecule has 0 radical (unpaired) electrons. The Labute approximate surface area is 138 Å². The van der Waals surface area contributed by atoms with Gasteiger partial charge in [0.05, 0.1) is 11.5 Å². The van der Waals surface area contributed by atoms with Crippen molar-refractivity contribution in [2.45, 2.75) is 44.7 Å². The summed E-state index contributed by atoms with van der Waals surface area (Å²) < 4.78 is 8.70. The molecule has 1 fully saturated rings. The van der Waals surface area contributed by atoms with Crippen LogP contribution in [0.4, 0.5) is 0 Å². The van der Waals surface area contributed by atoms with E-state index < -0.39 is 0 Å². The molecule has 21 heavy (non-hydrogen) atoms. The van der Waals surface area contributed by atoms with Gasteiger partial charge < -0.3 is 9.30 Å². The largest absolute Gasteiger partial charge is 0.381 e. The molecule has 114 valence electrons. The van der Waals surface area contributed by atoms with Crippen LogP contribution in [0.1, 0.15) is 44.4 Å². The smallest absolute Gasteiger partial charge is 0.160 e. The van der Waals surface area contributed by atoms with Crippen LogP contribution in [0.3, 0.4) is 0 Å². The van der Waals surface area contributed by atoms with Crippen molar-refractivity contribution in [3.05, 3.63) is 22.6 Å². The molecule has 0 N–H and O–H groups in total. The third-order valence-electron chi connectivity index (χ3n) is 4.60. The van der Waals surface area contributed by atoms with Crippen molar-refractivity contribution in [1.82, 2.24) is 14.5 Å². The average molecular weight is 373 g/mol. The van der Waals surface area contributed by atoms with Crippen LogP contribution in [0, 0.1) is 5.41 Å². The fraction of sp³-hybridized carbons (Fsp3) is 0.600. The summed E-state index contributed by atoms with van der Waals surface area (Å²) in [5.74, 6) is 0.880. The monoisotopic (exact) mass is 371 g/mol. The highest BCUT2D eigenvalue weighted by Gasteiger charge is 2.51. The number of ether oxygens (including phenoxy) is 1. The Morgan fingerprint density at radius 1 is 1.52 bits per heavy atom. The number of hydrogen-bond donors (Lipinski definition) is 0. The van der Waals surface area contributed by atoms with Gasteiger partial charge in [-0.3, -0.25) is 0 Å². The minimum absolute atomic E-state index is 0.0393. The molecule has 2 aromatic rings. The van der Waals surface area contributed by atoms with Crippen LogP contribution in [0.5, 0.6) is 0 Å². The van der Waals surface area contributed by atoms with Crippen molar-refractivity contribution >= 4 is 38.7 Å². The van der Waals surface area contributed by atoms with Gasteiger partial charge in [-0.25, -0.2) is 9.97 Å². The predicted molar refractivity (Wildman–Crippen MR) is 87.7 cm³/mol. The van der Waals surface area contributed by atoms with E-state index in [0.29, 0.717) is 6.04 Å². The molecule has 3 rings (SSSR count). The first-order valence-corrected chi connectivity index (χ1v) is 8.29. The van der Waals surface area contributed by atoms with E-state index in [0.717, 1.165) is 27.9 Å². The van der Waals surface area contributed by atoms with Crippen LogP contribution >= 0.6 is 27.5 Å². The van der Waals surface area contributed by atoms with Gasteiger partial charge in [0.25, 0.3) is 0 Å². The van der Waals surface area contributed by atoms with Crippen molar-refractivity contribution in [2.75, 3.05) is 7.11 Å². The molecule has 2 aromatic heterocycles. The van der Waals surface area contributed by atoms with Crippen LogP contribution in [0.15, 0.2) is 16.7 Å². The van der Waals surface area contributed by atoms with Crippen LogP contribution < -0.4 is 0 Å². The highest BCUT2D eigenvalue weighted by molar-refractivity contribution is 9.10. The van der Waals surface area contributed by atoms with Crippen molar-refractivity contribution in [3.8, 4) is 0 Å². The SMILES string of the molecule is COC1CC(n2c(C(C)Cl)nc3cc(Br)cnc32)C1(C)C. The summed E-state index contributed by atoms with van der Waals surface area (Å²) in [4.78, 5) is 9.25. The summed E-state index contributed by atoms with van der Waals surface area (Å²) in [7, 11) is 1.77. The lowest BCUT2D eigenvalue weighted by Crippen LogP contribution is -2.51. The zero-order valence-electron chi connectivity index (χ0n) is 12.6. The van der Waals surface area contributed by atoms with Crippen LogP contribution in [0.25, 0.3) is 11.2 Å². The number of alkyl halides is 1.